The Morgan fingerprint density at radius 1 is 0.393 bits per heavy atom. The van der Waals surface area contributed by atoms with E-state index in [4.69, 9.17) is 58.0 Å². The third kappa shape index (κ3) is 22.3. The standard InChI is InChI=1S/2C21H19ClN4O3S2.C20H17ClN4O3S2.C18H13Cl2N5O3S2/c1-14(13-26-11-9-15-3-2-4-18(22)19(15)26)20(27)24-16-5-7-17(8-6-16)31(28,29)25-21-23-10-12-30-21;1-14(26-11-9-15-3-2-4-18(22)20(15)26)13-19(27)24-16-5-7-17(8-6-16)31(28,29)25-21-23-10-12-30-21;1-13(25-10-8-14-2-3-15(21)12-18(14)25)19(26)23-16-4-6-17(7-5-16)30(27,28)24-20-22-9-11-29-20;19-13-7-15-16(8-14(13)20)25(10-22-15)9-17(26)23-11-1-3-12(4-2-11)30(27,28)24-18-21-5-6-29-18/h2*2-12,14H,13H2,1H3,(H,23,25)(H,24,27);2-13H,1H3,(H,22,24)(H,23,26);1-8,10H,9H2,(H,21,24)(H,23,26). The number of imidazole rings is 1. The third-order valence-corrected chi connectivity index (χ3v) is 28.4. The topological polar surface area (TPSA) is 385 Å². The summed E-state index contributed by atoms with van der Waals surface area (Å²) in [5.74, 6) is -1.23. The van der Waals surface area contributed by atoms with Gasteiger partial charge in [-0.15, -0.1) is 45.3 Å². The summed E-state index contributed by atoms with van der Waals surface area (Å²) in [4.78, 5) is 70.5. The first kappa shape index (κ1) is 88.5. The second-order valence-corrected chi connectivity index (χ2v) is 39.0. The molecule has 16 aromatic rings. The van der Waals surface area contributed by atoms with Gasteiger partial charge in [-0.3, -0.25) is 38.1 Å². The highest BCUT2D eigenvalue weighted by molar-refractivity contribution is 7.94. The molecule has 0 saturated carbocycles. The number of carbonyl (C=O) groups excluding carboxylic acids is 4. The van der Waals surface area contributed by atoms with Crippen LogP contribution in [-0.2, 0) is 72.4 Å². The molecule has 29 nitrogen and oxygen atoms in total. The van der Waals surface area contributed by atoms with Crippen molar-refractivity contribution in [2.75, 3.05) is 40.2 Å². The van der Waals surface area contributed by atoms with E-state index in [1.54, 1.807) is 87.6 Å². The molecule has 0 spiro atoms. The van der Waals surface area contributed by atoms with Crippen LogP contribution in [0, 0.1) is 5.92 Å². The molecule has 8 heterocycles. The Kier molecular flexibility index (Phi) is 28.2. The highest BCUT2D eigenvalue weighted by Crippen LogP contribution is 2.33. The zero-order chi connectivity index (χ0) is 86.6. The first-order valence-electron chi connectivity index (χ1n) is 36.2. The number of nitrogens with one attached hydrogen (secondary N) is 8. The normalized spacial score (nSPS) is 12.3. The molecule has 0 aliphatic rings. The first-order valence-corrected chi connectivity index (χ1v) is 47.5. The van der Waals surface area contributed by atoms with Crippen molar-refractivity contribution in [3.63, 3.8) is 0 Å². The second kappa shape index (κ2) is 38.8. The van der Waals surface area contributed by atoms with Crippen molar-refractivity contribution in [3.8, 4) is 0 Å². The largest absolute Gasteiger partial charge is 0.345 e. The molecule has 0 saturated heterocycles. The molecule has 16 rings (SSSR count). The zero-order valence-electron chi connectivity index (χ0n) is 63.7. The highest BCUT2D eigenvalue weighted by Gasteiger charge is 2.25. The molecule has 3 unspecified atom stereocenters. The Morgan fingerprint density at radius 2 is 0.803 bits per heavy atom. The van der Waals surface area contributed by atoms with Gasteiger partial charge in [-0.05, 0) is 171 Å². The van der Waals surface area contributed by atoms with E-state index in [-0.39, 0.29) is 73.3 Å². The number of thiazole rings is 4. The number of para-hydroxylation sites is 2. The fraction of sp³-hybridized carbons (Fsp3) is 0.113. The highest BCUT2D eigenvalue weighted by atomic mass is 35.5. The molecule has 0 aliphatic heterocycles. The number of carbonyl (C=O) groups is 4. The van der Waals surface area contributed by atoms with E-state index in [0.717, 1.165) is 32.7 Å². The third-order valence-electron chi connectivity index (χ3n) is 18.1. The molecule has 8 aromatic carbocycles. The van der Waals surface area contributed by atoms with E-state index < -0.39 is 46.1 Å². The second-order valence-electron chi connectivity index (χ2n) is 26.7. The van der Waals surface area contributed by atoms with Gasteiger partial charge >= 0.3 is 0 Å². The quantitative estimate of drug-likeness (QED) is 0.0250. The maximum Gasteiger partial charge on any atom is 0.263 e. The van der Waals surface area contributed by atoms with Gasteiger partial charge in [0, 0.05) is 122 Å². The Morgan fingerprint density at radius 3 is 1.27 bits per heavy atom. The van der Waals surface area contributed by atoms with Crippen molar-refractivity contribution in [2.24, 2.45) is 5.92 Å². The number of aromatic nitrogens is 9. The lowest BCUT2D eigenvalue weighted by atomic mass is 10.1. The predicted octanol–water partition coefficient (Wildman–Crippen LogP) is 19.0. The molecule has 8 N–H and O–H groups in total. The lowest BCUT2D eigenvalue weighted by Gasteiger charge is -2.16. The van der Waals surface area contributed by atoms with E-state index in [1.165, 1.54) is 137 Å². The molecular weight excluding hydrogens is 1820 g/mol. The first-order chi connectivity index (χ1) is 58.3. The van der Waals surface area contributed by atoms with Gasteiger partial charge in [0.1, 0.15) is 12.6 Å². The van der Waals surface area contributed by atoms with Crippen molar-refractivity contribution >= 4 is 254 Å². The van der Waals surface area contributed by atoms with Crippen molar-refractivity contribution in [3.05, 3.63) is 278 Å². The van der Waals surface area contributed by atoms with Gasteiger partial charge in [0.05, 0.1) is 79.5 Å². The number of hydrogen-bond acceptors (Lipinski definition) is 21. The van der Waals surface area contributed by atoms with E-state index >= 15 is 0 Å². The van der Waals surface area contributed by atoms with Crippen molar-refractivity contribution in [1.29, 1.82) is 0 Å². The average Bonchev–Trinajstić information content (AvgIpc) is 1.66. The number of halogens is 5. The number of anilines is 8. The molecule has 42 heteroatoms. The Bertz CT molecular complexity index is 6910. The fourth-order valence-electron chi connectivity index (χ4n) is 12.2. The van der Waals surface area contributed by atoms with Crippen LogP contribution in [0.15, 0.2) is 273 Å². The summed E-state index contributed by atoms with van der Waals surface area (Å²) in [6, 6.07) is 49.2. The molecule has 628 valence electrons. The summed E-state index contributed by atoms with van der Waals surface area (Å²) in [5.41, 5.74) is 5.93. The van der Waals surface area contributed by atoms with Gasteiger partial charge in [-0.25, -0.2) is 58.6 Å². The average molecular weight is 1890 g/mol. The van der Waals surface area contributed by atoms with E-state index in [9.17, 15) is 52.8 Å². The molecule has 4 amide bonds. The number of benzene rings is 8. The van der Waals surface area contributed by atoms with E-state index in [1.807, 2.05) is 113 Å². The fourth-order valence-corrected chi connectivity index (χ4v) is 20.4. The minimum absolute atomic E-state index is 0.000113. The molecule has 0 aliphatic carbocycles. The minimum atomic E-state index is -3.75. The lowest BCUT2D eigenvalue weighted by molar-refractivity contribution is -0.120. The number of fused-ring (bicyclic) bond motifs is 4. The summed E-state index contributed by atoms with van der Waals surface area (Å²) in [6.07, 6.45) is 13.5. The number of nitrogens with zero attached hydrogens (tertiary/aromatic N) is 9. The number of hydrogen-bond donors (Lipinski definition) is 8. The molecule has 0 fully saturated rings. The van der Waals surface area contributed by atoms with Gasteiger partial charge in [0.15, 0.2) is 20.5 Å². The molecule has 0 bridgehead atoms. The molecule has 3 atom stereocenters. The smallest absolute Gasteiger partial charge is 0.263 e. The summed E-state index contributed by atoms with van der Waals surface area (Å²) in [5, 5.41) is 24.7. The summed E-state index contributed by atoms with van der Waals surface area (Å²) >= 11 is 35.5. The molecule has 122 heavy (non-hydrogen) atoms. The van der Waals surface area contributed by atoms with Crippen LogP contribution in [0.2, 0.25) is 25.1 Å². The number of sulfonamides is 4. The van der Waals surface area contributed by atoms with Crippen LogP contribution < -0.4 is 40.2 Å². The van der Waals surface area contributed by atoms with Gasteiger partial charge in [-0.2, -0.15) is 0 Å². The molecular formula is C80H68Cl5N17O12S8. The zero-order valence-corrected chi connectivity index (χ0v) is 74.0. The monoisotopic (exact) mass is 1890 g/mol. The van der Waals surface area contributed by atoms with Gasteiger partial charge < -0.3 is 39.5 Å². The van der Waals surface area contributed by atoms with Crippen LogP contribution in [0.3, 0.4) is 0 Å². The van der Waals surface area contributed by atoms with Gasteiger partial charge in [0.2, 0.25) is 23.6 Å². The number of rotatable bonds is 26. The SMILES string of the molecule is CC(C(=O)Nc1ccc(S(=O)(=O)Nc2nccs2)cc1)n1ccc2ccc(Cl)cc21.CC(CC(=O)Nc1ccc(S(=O)(=O)Nc2nccs2)cc1)n1ccc2cccc(Cl)c21.CC(Cn1ccc2cccc(Cl)c21)C(=O)Nc1ccc(S(=O)(=O)Nc2nccs2)cc1.O=C(Cn1cnc2cc(Cl)c(Cl)cc21)Nc1ccc(S(=O)(=O)Nc2nccs2)cc1. The van der Waals surface area contributed by atoms with Crippen LogP contribution in [-0.4, -0.2) is 100 Å². The van der Waals surface area contributed by atoms with E-state index in [2.05, 4.69) is 65.1 Å². The van der Waals surface area contributed by atoms with Crippen molar-refractivity contribution in [1.82, 2.24) is 43.2 Å². The maximum atomic E-state index is 12.7. The van der Waals surface area contributed by atoms with Crippen LogP contribution >= 0.6 is 103 Å². The Balaban J connectivity index is 0.000000140. The minimum Gasteiger partial charge on any atom is -0.345 e. The van der Waals surface area contributed by atoms with E-state index in [0.29, 0.717) is 80.8 Å². The van der Waals surface area contributed by atoms with Crippen LogP contribution in [0.25, 0.3) is 43.7 Å². The lowest BCUT2D eigenvalue weighted by Crippen LogP contribution is -2.24. The Hall–Kier alpha value is -11.3. The van der Waals surface area contributed by atoms with Crippen LogP contribution in [0.4, 0.5) is 43.3 Å². The van der Waals surface area contributed by atoms with Crippen molar-refractivity contribution in [2.45, 2.75) is 71.9 Å². The van der Waals surface area contributed by atoms with Crippen LogP contribution in [0.1, 0.15) is 39.3 Å². The van der Waals surface area contributed by atoms with Crippen molar-refractivity contribution < 1.29 is 52.8 Å². The number of amides is 4. The predicted molar refractivity (Wildman–Crippen MR) is 486 cm³/mol. The molecule has 8 aromatic heterocycles. The Labute approximate surface area is 739 Å². The van der Waals surface area contributed by atoms with Crippen LogP contribution in [0.5, 0.6) is 0 Å². The van der Waals surface area contributed by atoms with Gasteiger partial charge in [0.25, 0.3) is 40.1 Å². The summed E-state index contributed by atoms with van der Waals surface area (Å²) < 4.78 is 116. The summed E-state index contributed by atoms with van der Waals surface area (Å²) in [6.45, 7) is 6.02. The van der Waals surface area contributed by atoms with Gasteiger partial charge in [-0.1, -0.05) is 95.3 Å². The molecule has 0 radical (unpaired) electrons. The maximum absolute atomic E-state index is 12.7. The summed E-state index contributed by atoms with van der Waals surface area (Å²) in [7, 11) is -15.0.